The van der Waals surface area contributed by atoms with E-state index >= 15 is 0 Å². The molecule has 0 spiro atoms. The molecule has 1 aromatic heterocycles. The number of ether oxygens (including phenoxy) is 3. The summed E-state index contributed by atoms with van der Waals surface area (Å²) in [5.41, 5.74) is 2.18. The number of rotatable bonds is 6. The predicted octanol–water partition coefficient (Wildman–Crippen LogP) is 4.62. The molecule has 0 amide bonds. The summed E-state index contributed by atoms with van der Waals surface area (Å²) in [6.45, 7) is 0.281. The zero-order chi connectivity index (χ0) is 23.1. The number of para-hydroxylation sites is 2. The highest BCUT2D eigenvalue weighted by Gasteiger charge is 2.27. The van der Waals surface area contributed by atoms with Crippen molar-refractivity contribution in [1.82, 2.24) is 9.55 Å². The molecule has 0 radical (unpaired) electrons. The van der Waals surface area contributed by atoms with Crippen molar-refractivity contribution in [2.24, 2.45) is 0 Å². The molecule has 4 aromatic rings. The topological polar surface area (TPSA) is 103 Å². The lowest BCUT2D eigenvalue weighted by Gasteiger charge is -2.18. The van der Waals surface area contributed by atoms with Crippen LogP contribution in [0.3, 0.4) is 0 Å². The van der Waals surface area contributed by atoms with Crippen LogP contribution >= 0.6 is 23.2 Å². The second kappa shape index (κ2) is 8.38. The number of fused-ring (bicyclic) bond motifs is 2. The molecule has 1 aliphatic heterocycles. The SMILES string of the molecule is O=C(O)C(Oc1c(Cl)cc(Cn2c(=O)[nH]c3ccccc32)cc1Cl)c1ccc2c(c1)OCO2. The Hall–Kier alpha value is -3.62. The molecule has 168 valence electrons. The van der Waals surface area contributed by atoms with Gasteiger partial charge in [0.15, 0.2) is 17.2 Å². The van der Waals surface area contributed by atoms with Gasteiger partial charge in [-0.3, -0.25) is 4.57 Å². The lowest BCUT2D eigenvalue weighted by Crippen LogP contribution is -2.19. The van der Waals surface area contributed by atoms with Crippen molar-refractivity contribution < 1.29 is 24.1 Å². The molecule has 1 aliphatic rings. The van der Waals surface area contributed by atoms with Gasteiger partial charge >= 0.3 is 11.7 Å². The van der Waals surface area contributed by atoms with Crippen molar-refractivity contribution in [2.45, 2.75) is 12.6 Å². The molecule has 5 rings (SSSR count). The molecule has 0 saturated heterocycles. The molecule has 0 bridgehead atoms. The number of aromatic amines is 1. The molecule has 1 unspecified atom stereocenters. The van der Waals surface area contributed by atoms with Gasteiger partial charge in [-0.2, -0.15) is 0 Å². The lowest BCUT2D eigenvalue weighted by atomic mass is 10.1. The lowest BCUT2D eigenvalue weighted by molar-refractivity contribution is -0.145. The third-order valence-electron chi connectivity index (χ3n) is 5.24. The first-order chi connectivity index (χ1) is 15.9. The average Bonchev–Trinajstić information content (AvgIpc) is 3.37. The molecule has 33 heavy (non-hydrogen) atoms. The summed E-state index contributed by atoms with van der Waals surface area (Å²) < 4.78 is 17.9. The van der Waals surface area contributed by atoms with Gasteiger partial charge in [0.2, 0.25) is 12.9 Å². The Balaban J connectivity index is 1.45. The number of hydrogen-bond acceptors (Lipinski definition) is 5. The van der Waals surface area contributed by atoms with Gasteiger partial charge < -0.3 is 24.3 Å². The van der Waals surface area contributed by atoms with E-state index < -0.39 is 12.1 Å². The van der Waals surface area contributed by atoms with Gasteiger partial charge in [-0.1, -0.05) is 41.4 Å². The number of carbonyl (C=O) groups is 1. The van der Waals surface area contributed by atoms with E-state index in [0.29, 0.717) is 28.1 Å². The monoisotopic (exact) mass is 486 g/mol. The smallest absolute Gasteiger partial charge is 0.349 e. The maximum atomic E-state index is 12.4. The highest BCUT2D eigenvalue weighted by molar-refractivity contribution is 6.37. The Morgan fingerprint density at radius 2 is 1.82 bits per heavy atom. The zero-order valence-electron chi connectivity index (χ0n) is 16.9. The van der Waals surface area contributed by atoms with Crippen molar-refractivity contribution in [1.29, 1.82) is 0 Å². The third-order valence-corrected chi connectivity index (χ3v) is 5.80. The largest absolute Gasteiger partial charge is 0.478 e. The van der Waals surface area contributed by atoms with Crippen molar-refractivity contribution in [3.05, 3.63) is 86.3 Å². The minimum absolute atomic E-state index is 0.0263. The van der Waals surface area contributed by atoms with E-state index in [1.807, 2.05) is 24.3 Å². The molecule has 0 fully saturated rings. The minimum Gasteiger partial charge on any atom is -0.478 e. The van der Waals surface area contributed by atoms with E-state index in [1.54, 1.807) is 34.9 Å². The van der Waals surface area contributed by atoms with Crippen molar-refractivity contribution >= 4 is 40.2 Å². The first kappa shape index (κ1) is 21.2. The number of hydrogen-bond donors (Lipinski definition) is 2. The van der Waals surface area contributed by atoms with Crippen LogP contribution in [0.4, 0.5) is 0 Å². The second-order valence-corrected chi connectivity index (χ2v) is 8.19. The fourth-order valence-corrected chi connectivity index (χ4v) is 4.34. The summed E-state index contributed by atoms with van der Waals surface area (Å²) in [5, 5.41) is 10.00. The van der Waals surface area contributed by atoms with E-state index in [0.717, 1.165) is 5.52 Å². The van der Waals surface area contributed by atoms with Crippen LogP contribution in [0.25, 0.3) is 11.0 Å². The molecule has 3 aromatic carbocycles. The van der Waals surface area contributed by atoms with Gasteiger partial charge in [0.1, 0.15) is 0 Å². The van der Waals surface area contributed by atoms with Gasteiger partial charge in [-0.25, -0.2) is 9.59 Å². The number of nitrogens with one attached hydrogen (secondary N) is 1. The van der Waals surface area contributed by atoms with Gasteiger partial charge in [-0.15, -0.1) is 0 Å². The number of nitrogens with zero attached hydrogens (tertiary/aromatic N) is 1. The third kappa shape index (κ3) is 3.99. The van der Waals surface area contributed by atoms with Gasteiger partial charge in [0.25, 0.3) is 0 Å². The molecule has 2 N–H and O–H groups in total. The molecule has 1 atom stereocenters. The number of carboxylic acids is 1. The molecule has 8 nitrogen and oxygen atoms in total. The first-order valence-electron chi connectivity index (χ1n) is 9.85. The molecular formula is C23H16Cl2N2O6. The molecule has 0 saturated carbocycles. The summed E-state index contributed by atoms with van der Waals surface area (Å²) in [5.74, 6) is -0.247. The Labute approximate surface area is 196 Å². The number of benzene rings is 3. The number of carboxylic acid groups (broad SMARTS) is 1. The van der Waals surface area contributed by atoms with Crippen molar-refractivity contribution in [3.63, 3.8) is 0 Å². The molecule has 2 heterocycles. The van der Waals surface area contributed by atoms with Crippen molar-refractivity contribution in [3.8, 4) is 17.2 Å². The summed E-state index contributed by atoms with van der Waals surface area (Å²) in [6.07, 6.45) is -1.38. The summed E-state index contributed by atoms with van der Waals surface area (Å²) in [7, 11) is 0. The number of H-pyrrole nitrogens is 1. The second-order valence-electron chi connectivity index (χ2n) is 7.37. The van der Waals surface area contributed by atoms with Crippen LogP contribution in [-0.4, -0.2) is 27.4 Å². The fourth-order valence-electron chi connectivity index (χ4n) is 3.72. The van der Waals surface area contributed by atoms with Crippen LogP contribution in [0.1, 0.15) is 17.2 Å². The van der Waals surface area contributed by atoms with E-state index in [2.05, 4.69) is 4.98 Å². The van der Waals surface area contributed by atoms with Crippen LogP contribution in [-0.2, 0) is 11.3 Å². The van der Waals surface area contributed by atoms with E-state index in [4.69, 9.17) is 37.4 Å². The zero-order valence-corrected chi connectivity index (χ0v) is 18.4. The highest BCUT2D eigenvalue weighted by Crippen LogP contribution is 2.40. The van der Waals surface area contributed by atoms with Gasteiger partial charge in [0.05, 0.1) is 27.6 Å². The predicted molar refractivity (Wildman–Crippen MR) is 122 cm³/mol. The van der Waals surface area contributed by atoms with E-state index in [1.165, 1.54) is 0 Å². The fraction of sp³-hybridized carbons (Fsp3) is 0.130. The van der Waals surface area contributed by atoms with Crippen LogP contribution in [0.5, 0.6) is 17.2 Å². The Morgan fingerprint density at radius 3 is 2.58 bits per heavy atom. The van der Waals surface area contributed by atoms with Crippen LogP contribution in [0.15, 0.2) is 59.4 Å². The summed E-state index contributed by atoms with van der Waals surface area (Å²) in [4.78, 5) is 27.1. The number of aromatic nitrogens is 2. The molecule has 10 heteroatoms. The summed E-state index contributed by atoms with van der Waals surface area (Å²) >= 11 is 12.8. The van der Waals surface area contributed by atoms with Crippen LogP contribution < -0.4 is 19.9 Å². The average molecular weight is 487 g/mol. The number of imidazole rings is 1. The Bertz CT molecular complexity index is 1420. The quantitative estimate of drug-likeness (QED) is 0.412. The normalized spacial score (nSPS) is 13.3. The maximum Gasteiger partial charge on any atom is 0.349 e. The summed E-state index contributed by atoms with van der Waals surface area (Å²) in [6, 6.07) is 15.2. The highest BCUT2D eigenvalue weighted by atomic mass is 35.5. The Morgan fingerprint density at radius 1 is 1.09 bits per heavy atom. The van der Waals surface area contributed by atoms with Gasteiger partial charge in [-0.05, 0) is 42.0 Å². The first-order valence-corrected chi connectivity index (χ1v) is 10.6. The number of aliphatic carboxylic acids is 1. The standard InChI is InChI=1S/C23H16Cl2N2O6/c24-14-7-12(10-27-17-4-2-1-3-16(17)26-23(27)30)8-15(25)21(14)33-20(22(28)29)13-5-6-18-19(9-13)32-11-31-18/h1-9,20H,10-11H2,(H,26,30)(H,28,29). The minimum atomic E-state index is -1.38. The number of halogens is 2. The van der Waals surface area contributed by atoms with Crippen LogP contribution in [0.2, 0.25) is 10.0 Å². The van der Waals surface area contributed by atoms with E-state index in [9.17, 15) is 14.7 Å². The van der Waals surface area contributed by atoms with E-state index in [-0.39, 0.29) is 34.8 Å². The molecular weight excluding hydrogens is 471 g/mol. The van der Waals surface area contributed by atoms with Crippen molar-refractivity contribution in [2.75, 3.05) is 6.79 Å². The van der Waals surface area contributed by atoms with Crippen LogP contribution in [0, 0.1) is 0 Å². The molecule has 0 aliphatic carbocycles. The van der Waals surface area contributed by atoms with Gasteiger partial charge in [0, 0.05) is 5.56 Å². The Kier molecular flexibility index (Phi) is 5.39. The maximum absolute atomic E-state index is 12.4.